The number of amides is 1. The van der Waals surface area contributed by atoms with Gasteiger partial charge in [0.1, 0.15) is 0 Å². The third-order valence-corrected chi connectivity index (χ3v) is 5.25. The van der Waals surface area contributed by atoms with Crippen LogP contribution in [0.5, 0.6) is 11.5 Å². The van der Waals surface area contributed by atoms with Gasteiger partial charge in [0, 0.05) is 6.54 Å². The number of amidine groups is 1. The molecule has 2 heterocycles. The van der Waals surface area contributed by atoms with Crippen LogP contribution < -0.4 is 9.47 Å². The molecule has 29 heavy (non-hydrogen) atoms. The van der Waals surface area contributed by atoms with Crippen molar-refractivity contribution >= 4 is 40.6 Å². The molecule has 0 atom stereocenters. The van der Waals surface area contributed by atoms with Crippen molar-refractivity contribution in [3.8, 4) is 11.5 Å². The molecule has 2 aliphatic rings. The summed E-state index contributed by atoms with van der Waals surface area (Å²) in [6.07, 6.45) is 3.34. The van der Waals surface area contributed by atoms with Crippen molar-refractivity contribution in [1.82, 2.24) is 4.90 Å². The number of carbonyl (C=O) groups excluding carboxylic acids is 1. The molecule has 0 aromatic heterocycles. The van der Waals surface area contributed by atoms with Gasteiger partial charge in [0.25, 0.3) is 5.91 Å². The van der Waals surface area contributed by atoms with Gasteiger partial charge in [0.15, 0.2) is 16.7 Å². The van der Waals surface area contributed by atoms with Gasteiger partial charge in [-0.1, -0.05) is 24.3 Å². The van der Waals surface area contributed by atoms with Gasteiger partial charge in [-0.3, -0.25) is 9.69 Å². The number of ether oxygens (including phenoxy) is 2. The maximum absolute atomic E-state index is 12.9. The Balaban J connectivity index is 1.70. The molecule has 0 saturated carbocycles. The Morgan fingerprint density at radius 3 is 2.83 bits per heavy atom. The van der Waals surface area contributed by atoms with Crippen LogP contribution in [-0.4, -0.2) is 40.4 Å². The molecule has 146 valence electrons. The summed E-state index contributed by atoms with van der Waals surface area (Å²) >= 11 is 1.18. The quantitative estimate of drug-likeness (QED) is 0.596. The summed E-state index contributed by atoms with van der Waals surface area (Å²) in [7, 11) is 0. The number of hydrogen-bond acceptors (Lipinski definition) is 6. The molecule has 1 amide bonds. The van der Waals surface area contributed by atoms with Gasteiger partial charge in [-0.25, -0.2) is 9.79 Å². The Morgan fingerprint density at radius 2 is 2.03 bits per heavy atom. The lowest BCUT2D eigenvalue weighted by Crippen LogP contribution is -2.29. The summed E-state index contributed by atoms with van der Waals surface area (Å²) < 4.78 is 10.7. The molecule has 2 aromatic rings. The van der Waals surface area contributed by atoms with Gasteiger partial charge >= 0.3 is 5.97 Å². The number of carboxylic acids is 1. The van der Waals surface area contributed by atoms with E-state index in [1.54, 1.807) is 42.5 Å². The molecule has 8 heteroatoms. The summed E-state index contributed by atoms with van der Waals surface area (Å²) in [4.78, 5) is 30.7. The van der Waals surface area contributed by atoms with Crippen molar-refractivity contribution in [1.29, 1.82) is 0 Å². The summed E-state index contributed by atoms with van der Waals surface area (Å²) in [6, 6.07) is 11.8. The Bertz CT molecular complexity index is 1080. The number of para-hydroxylation sites is 1. The third-order valence-electron chi connectivity index (χ3n) is 4.24. The van der Waals surface area contributed by atoms with E-state index in [2.05, 4.69) is 11.6 Å². The molecule has 7 nitrogen and oxygen atoms in total. The van der Waals surface area contributed by atoms with Crippen LogP contribution in [0, 0.1) is 0 Å². The van der Waals surface area contributed by atoms with Crippen molar-refractivity contribution in [3.05, 3.63) is 71.2 Å². The maximum Gasteiger partial charge on any atom is 0.337 e. The highest BCUT2D eigenvalue weighted by molar-refractivity contribution is 8.18. The lowest BCUT2D eigenvalue weighted by molar-refractivity contribution is -0.121. The number of benzene rings is 2. The Labute approximate surface area is 171 Å². The fraction of sp³-hybridized carbons (Fsp3) is 0.0952. The van der Waals surface area contributed by atoms with Gasteiger partial charge < -0.3 is 14.6 Å². The molecule has 0 radical (unpaired) electrons. The molecular weight excluding hydrogens is 392 g/mol. The molecular formula is C21H16N2O5S. The summed E-state index contributed by atoms with van der Waals surface area (Å²) in [6.45, 7) is 4.13. The van der Waals surface area contributed by atoms with Crippen LogP contribution in [0.25, 0.3) is 6.08 Å². The standard InChI is InChI=1S/C21H16N2O5S/c1-2-9-23-19(24)18(11-13-7-8-16-17(10-13)28-12-27-16)29-21(23)22-15-6-4-3-5-14(15)20(25)26/h2-8,10-11H,1,9,12H2,(H,25,26)/b18-11-,22-21?. The predicted octanol–water partition coefficient (Wildman–Crippen LogP) is 3.90. The van der Waals surface area contributed by atoms with Crippen molar-refractivity contribution in [2.24, 2.45) is 4.99 Å². The zero-order valence-corrected chi connectivity index (χ0v) is 16.0. The summed E-state index contributed by atoms with van der Waals surface area (Å²) in [5, 5.41) is 9.78. The fourth-order valence-corrected chi connectivity index (χ4v) is 3.89. The van der Waals surface area contributed by atoms with E-state index in [9.17, 15) is 14.7 Å². The van der Waals surface area contributed by atoms with Crippen molar-refractivity contribution in [3.63, 3.8) is 0 Å². The summed E-state index contributed by atoms with van der Waals surface area (Å²) in [5.74, 6) is -0.00910. The Kier molecular flexibility index (Phi) is 5.09. The second-order valence-corrected chi connectivity index (χ2v) is 7.15. The van der Waals surface area contributed by atoms with Crippen molar-refractivity contribution in [2.75, 3.05) is 13.3 Å². The van der Waals surface area contributed by atoms with Crippen LogP contribution in [0.1, 0.15) is 15.9 Å². The van der Waals surface area contributed by atoms with Crippen molar-refractivity contribution < 1.29 is 24.2 Å². The van der Waals surface area contributed by atoms with E-state index in [0.29, 0.717) is 21.6 Å². The number of aliphatic imine (C=N–C) groups is 1. The Morgan fingerprint density at radius 1 is 1.24 bits per heavy atom. The SMILES string of the molecule is C=CCN1C(=O)/C(=C/c2ccc3c(c2)OCO3)SC1=Nc1ccccc1C(=O)O. The van der Waals surface area contributed by atoms with Crippen LogP contribution in [0.15, 0.2) is 65.0 Å². The number of rotatable bonds is 5. The van der Waals surface area contributed by atoms with E-state index >= 15 is 0 Å². The number of fused-ring (bicyclic) bond motifs is 1. The maximum atomic E-state index is 12.9. The first-order valence-electron chi connectivity index (χ1n) is 8.70. The highest BCUT2D eigenvalue weighted by atomic mass is 32.2. The second kappa shape index (κ2) is 7.84. The molecule has 2 aromatic carbocycles. The molecule has 0 bridgehead atoms. The van der Waals surface area contributed by atoms with Crippen LogP contribution in [0.2, 0.25) is 0 Å². The fourth-order valence-electron chi connectivity index (χ4n) is 2.89. The first-order chi connectivity index (χ1) is 14.1. The monoisotopic (exact) mass is 408 g/mol. The normalized spacial score (nSPS) is 17.9. The van der Waals surface area contributed by atoms with E-state index in [1.165, 1.54) is 22.7 Å². The first-order valence-corrected chi connectivity index (χ1v) is 9.51. The minimum absolute atomic E-state index is 0.0693. The number of nitrogens with zero attached hydrogens (tertiary/aromatic N) is 2. The lowest BCUT2D eigenvalue weighted by Gasteiger charge is -2.13. The van der Waals surface area contributed by atoms with Crippen LogP contribution in [-0.2, 0) is 4.79 Å². The number of carboxylic acid groups (broad SMARTS) is 1. The zero-order chi connectivity index (χ0) is 20.4. The number of thioether (sulfide) groups is 1. The van der Waals surface area contributed by atoms with E-state index in [-0.39, 0.29) is 30.5 Å². The molecule has 0 spiro atoms. The highest BCUT2D eigenvalue weighted by Crippen LogP contribution is 2.37. The van der Waals surface area contributed by atoms with E-state index < -0.39 is 5.97 Å². The van der Waals surface area contributed by atoms with Gasteiger partial charge in [-0.05, 0) is 47.7 Å². The molecule has 2 aliphatic heterocycles. The van der Waals surface area contributed by atoms with Gasteiger partial charge in [-0.2, -0.15) is 0 Å². The molecule has 1 N–H and O–H groups in total. The van der Waals surface area contributed by atoms with E-state index in [0.717, 1.165) is 5.56 Å². The molecule has 1 fully saturated rings. The van der Waals surface area contributed by atoms with E-state index in [4.69, 9.17) is 9.47 Å². The van der Waals surface area contributed by atoms with Crippen LogP contribution >= 0.6 is 11.8 Å². The average Bonchev–Trinajstić information content (AvgIpc) is 3.28. The number of carbonyl (C=O) groups is 2. The Hall–Kier alpha value is -3.52. The highest BCUT2D eigenvalue weighted by Gasteiger charge is 2.33. The molecule has 0 aliphatic carbocycles. The average molecular weight is 408 g/mol. The topological polar surface area (TPSA) is 88.4 Å². The third kappa shape index (κ3) is 3.74. The smallest absolute Gasteiger partial charge is 0.337 e. The number of hydrogen-bond donors (Lipinski definition) is 1. The lowest BCUT2D eigenvalue weighted by atomic mass is 10.2. The summed E-state index contributed by atoms with van der Waals surface area (Å²) in [5.41, 5.74) is 1.14. The predicted molar refractivity (Wildman–Crippen MR) is 111 cm³/mol. The minimum Gasteiger partial charge on any atom is -0.478 e. The van der Waals surface area contributed by atoms with Gasteiger partial charge in [0.2, 0.25) is 6.79 Å². The first kappa shape index (κ1) is 18.8. The molecule has 1 saturated heterocycles. The number of aromatic carboxylic acids is 1. The van der Waals surface area contributed by atoms with Crippen LogP contribution in [0.4, 0.5) is 5.69 Å². The second-order valence-electron chi connectivity index (χ2n) is 6.14. The van der Waals surface area contributed by atoms with Crippen molar-refractivity contribution in [2.45, 2.75) is 0 Å². The van der Waals surface area contributed by atoms with Crippen LogP contribution in [0.3, 0.4) is 0 Å². The van der Waals surface area contributed by atoms with Gasteiger partial charge in [0.05, 0.1) is 16.2 Å². The van der Waals surface area contributed by atoms with Gasteiger partial charge in [-0.15, -0.1) is 6.58 Å². The van der Waals surface area contributed by atoms with E-state index in [1.807, 2.05) is 6.07 Å². The zero-order valence-electron chi connectivity index (χ0n) is 15.2. The molecule has 4 rings (SSSR count). The molecule has 0 unspecified atom stereocenters. The minimum atomic E-state index is -1.08. The largest absolute Gasteiger partial charge is 0.478 e.